The maximum Gasteiger partial charge on any atom is 0.0926 e. The van der Waals surface area contributed by atoms with Gasteiger partial charge in [-0.1, -0.05) is 37.3 Å². The zero-order valence-electron chi connectivity index (χ0n) is 13.1. The summed E-state index contributed by atoms with van der Waals surface area (Å²) in [5.41, 5.74) is 2.25. The molecule has 0 bridgehead atoms. The van der Waals surface area contributed by atoms with Crippen LogP contribution in [0.5, 0.6) is 0 Å². The summed E-state index contributed by atoms with van der Waals surface area (Å²) in [5, 5.41) is 13.9. The molecule has 1 aliphatic rings. The minimum Gasteiger partial charge on any atom is -0.388 e. The lowest BCUT2D eigenvalue weighted by molar-refractivity contribution is 0.0565. The zero-order valence-corrected chi connectivity index (χ0v) is 13.9. The van der Waals surface area contributed by atoms with E-state index in [1.165, 1.54) is 10.7 Å². The van der Waals surface area contributed by atoms with Crippen LogP contribution >= 0.6 is 11.3 Å². The Balaban J connectivity index is 1.52. The van der Waals surface area contributed by atoms with Crippen LogP contribution in [0.25, 0.3) is 0 Å². The van der Waals surface area contributed by atoms with Crippen molar-refractivity contribution in [2.45, 2.75) is 38.8 Å². The molecule has 1 fully saturated rings. The highest BCUT2D eigenvalue weighted by molar-refractivity contribution is 7.09. The molecule has 1 N–H and O–H groups in total. The maximum absolute atomic E-state index is 10.5. The summed E-state index contributed by atoms with van der Waals surface area (Å²) in [5.74, 6) is 0.375. The fraction of sp³-hybridized carbons (Fsp3) is 0.500. The van der Waals surface area contributed by atoms with Crippen LogP contribution in [0.1, 0.15) is 42.1 Å². The first-order valence-corrected chi connectivity index (χ1v) is 9.03. The third kappa shape index (κ3) is 3.75. The van der Waals surface area contributed by atoms with Crippen LogP contribution < -0.4 is 0 Å². The lowest BCUT2D eigenvalue weighted by Crippen LogP contribution is -2.35. The number of hydrogen-bond donors (Lipinski definition) is 1. The van der Waals surface area contributed by atoms with Crippen LogP contribution in [0.2, 0.25) is 0 Å². The molecule has 0 radical (unpaired) electrons. The standard InChI is InChI=1S/C18H24N2OS/c1-2-17-19-16(13-22-17)12-20-10-8-15(9-11-20)18(21)14-6-4-3-5-7-14/h3-7,13,15,18,21H,2,8-12H2,1H3. The third-order valence-corrected chi connectivity index (χ3v) is 5.55. The molecule has 0 amide bonds. The Morgan fingerprint density at radius 2 is 2.00 bits per heavy atom. The van der Waals surface area contributed by atoms with E-state index in [1.54, 1.807) is 11.3 Å². The van der Waals surface area contributed by atoms with E-state index in [0.717, 1.165) is 44.5 Å². The Hall–Kier alpha value is -1.23. The van der Waals surface area contributed by atoms with Crippen LogP contribution in [0, 0.1) is 5.92 Å². The van der Waals surface area contributed by atoms with Crippen molar-refractivity contribution in [3.05, 3.63) is 52.0 Å². The van der Waals surface area contributed by atoms with Gasteiger partial charge in [-0.05, 0) is 43.8 Å². The van der Waals surface area contributed by atoms with Gasteiger partial charge >= 0.3 is 0 Å². The fourth-order valence-electron chi connectivity index (χ4n) is 3.16. The van der Waals surface area contributed by atoms with Crippen molar-refractivity contribution in [3.63, 3.8) is 0 Å². The molecule has 1 aromatic carbocycles. The van der Waals surface area contributed by atoms with E-state index >= 15 is 0 Å². The monoisotopic (exact) mass is 316 g/mol. The number of aliphatic hydroxyl groups is 1. The van der Waals surface area contributed by atoms with Gasteiger partial charge in [-0.3, -0.25) is 4.90 Å². The first-order valence-electron chi connectivity index (χ1n) is 8.15. The second-order valence-corrected chi connectivity index (χ2v) is 7.00. The van der Waals surface area contributed by atoms with Crippen LogP contribution in [0.15, 0.2) is 35.7 Å². The Morgan fingerprint density at radius 3 is 2.64 bits per heavy atom. The van der Waals surface area contributed by atoms with Gasteiger partial charge in [0.15, 0.2) is 0 Å². The molecule has 118 valence electrons. The number of aromatic nitrogens is 1. The molecule has 1 aliphatic heterocycles. The topological polar surface area (TPSA) is 36.4 Å². The average Bonchev–Trinajstić information content (AvgIpc) is 3.03. The summed E-state index contributed by atoms with van der Waals surface area (Å²) in [6.07, 6.45) is 2.81. The summed E-state index contributed by atoms with van der Waals surface area (Å²) in [7, 11) is 0. The fourth-order valence-corrected chi connectivity index (χ4v) is 3.90. The molecule has 0 aliphatic carbocycles. The highest BCUT2D eigenvalue weighted by Crippen LogP contribution is 2.31. The maximum atomic E-state index is 10.5. The molecule has 1 saturated heterocycles. The number of nitrogens with zero attached hydrogens (tertiary/aromatic N) is 2. The van der Waals surface area contributed by atoms with Crippen molar-refractivity contribution in [2.24, 2.45) is 5.92 Å². The van der Waals surface area contributed by atoms with Gasteiger partial charge < -0.3 is 5.11 Å². The van der Waals surface area contributed by atoms with E-state index < -0.39 is 0 Å². The highest BCUT2D eigenvalue weighted by atomic mass is 32.1. The SMILES string of the molecule is CCc1nc(CN2CCC(C(O)c3ccccc3)CC2)cs1. The Labute approximate surface area is 136 Å². The summed E-state index contributed by atoms with van der Waals surface area (Å²) in [4.78, 5) is 7.11. The molecule has 1 unspecified atom stereocenters. The number of aryl methyl sites for hydroxylation is 1. The lowest BCUT2D eigenvalue weighted by Gasteiger charge is -2.34. The molecule has 22 heavy (non-hydrogen) atoms. The van der Waals surface area contributed by atoms with Gasteiger partial charge in [0.25, 0.3) is 0 Å². The molecule has 3 rings (SSSR count). The predicted octanol–water partition coefficient (Wildman–Crippen LogP) is 3.65. The highest BCUT2D eigenvalue weighted by Gasteiger charge is 2.26. The van der Waals surface area contributed by atoms with Gasteiger partial charge in [0.1, 0.15) is 0 Å². The lowest BCUT2D eigenvalue weighted by atomic mass is 9.87. The van der Waals surface area contributed by atoms with Gasteiger partial charge in [0, 0.05) is 11.9 Å². The summed E-state index contributed by atoms with van der Waals surface area (Å²) in [6, 6.07) is 10.1. The van der Waals surface area contributed by atoms with Gasteiger partial charge in [-0.15, -0.1) is 11.3 Å². The summed E-state index contributed by atoms with van der Waals surface area (Å²) in [6.45, 7) is 5.20. The van der Waals surface area contributed by atoms with Crippen LogP contribution in [0.4, 0.5) is 0 Å². The van der Waals surface area contributed by atoms with Gasteiger partial charge in [-0.25, -0.2) is 4.98 Å². The Morgan fingerprint density at radius 1 is 1.27 bits per heavy atom. The van der Waals surface area contributed by atoms with Crippen molar-refractivity contribution in [1.82, 2.24) is 9.88 Å². The number of piperidine rings is 1. The molecule has 1 atom stereocenters. The van der Waals surface area contributed by atoms with Crippen molar-refractivity contribution in [3.8, 4) is 0 Å². The van der Waals surface area contributed by atoms with E-state index in [-0.39, 0.29) is 6.10 Å². The average molecular weight is 316 g/mol. The van der Waals surface area contributed by atoms with Crippen LogP contribution in [-0.4, -0.2) is 28.1 Å². The van der Waals surface area contributed by atoms with Crippen molar-refractivity contribution in [1.29, 1.82) is 0 Å². The van der Waals surface area contributed by atoms with Gasteiger partial charge in [0.2, 0.25) is 0 Å². The molecular weight excluding hydrogens is 292 g/mol. The molecule has 2 heterocycles. The first-order chi connectivity index (χ1) is 10.8. The van der Waals surface area contributed by atoms with Gasteiger partial charge in [0.05, 0.1) is 16.8 Å². The number of benzene rings is 1. The molecule has 3 nitrogen and oxygen atoms in total. The second-order valence-electron chi connectivity index (χ2n) is 6.06. The van der Waals surface area contributed by atoms with E-state index in [2.05, 4.69) is 22.2 Å². The molecule has 2 aromatic rings. The van der Waals surface area contributed by atoms with Crippen LogP contribution in [0.3, 0.4) is 0 Å². The zero-order chi connectivity index (χ0) is 15.4. The normalized spacial score (nSPS) is 18.5. The minimum absolute atomic E-state index is 0.325. The number of aliphatic hydroxyl groups excluding tert-OH is 1. The van der Waals surface area contributed by atoms with Crippen molar-refractivity contribution < 1.29 is 5.11 Å². The first kappa shape index (κ1) is 15.7. The Kier molecular flexibility index (Phi) is 5.24. The van der Waals surface area contributed by atoms with Crippen molar-refractivity contribution in [2.75, 3.05) is 13.1 Å². The van der Waals surface area contributed by atoms with Gasteiger partial charge in [-0.2, -0.15) is 0 Å². The molecule has 4 heteroatoms. The van der Waals surface area contributed by atoms with Crippen molar-refractivity contribution >= 4 is 11.3 Å². The molecular formula is C18H24N2OS. The number of thiazole rings is 1. The van der Waals surface area contributed by atoms with E-state index in [1.807, 2.05) is 30.3 Å². The largest absolute Gasteiger partial charge is 0.388 e. The van der Waals surface area contributed by atoms with E-state index in [0.29, 0.717) is 5.92 Å². The van der Waals surface area contributed by atoms with E-state index in [9.17, 15) is 5.11 Å². The minimum atomic E-state index is -0.325. The third-order valence-electron chi connectivity index (χ3n) is 4.51. The predicted molar refractivity (Wildman–Crippen MR) is 90.9 cm³/mol. The summed E-state index contributed by atoms with van der Waals surface area (Å²) >= 11 is 1.76. The van der Waals surface area contributed by atoms with Crippen LogP contribution in [-0.2, 0) is 13.0 Å². The summed E-state index contributed by atoms with van der Waals surface area (Å²) < 4.78 is 0. The molecule has 0 saturated carbocycles. The molecule has 1 aromatic heterocycles. The quantitative estimate of drug-likeness (QED) is 0.914. The number of likely N-dealkylation sites (tertiary alicyclic amines) is 1. The number of hydrogen-bond acceptors (Lipinski definition) is 4. The number of rotatable bonds is 5. The Bertz CT molecular complexity index is 576. The molecule has 0 spiro atoms. The second kappa shape index (κ2) is 7.36. The smallest absolute Gasteiger partial charge is 0.0926 e. The van der Waals surface area contributed by atoms with E-state index in [4.69, 9.17) is 0 Å².